The third-order valence-corrected chi connectivity index (χ3v) is 6.34. The van der Waals surface area contributed by atoms with Gasteiger partial charge in [-0.05, 0) is 31.9 Å². The summed E-state index contributed by atoms with van der Waals surface area (Å²) in [6, 6.07) is 2.06. The third-order valence-electron chi connectivity index (χ3n) is 6.03. The third kappa shape index (κ3) is 3.60. The van der Waals surface area contributed by atoms with Crippen LogP contribution in [-0.2, 0) is 27.6 Å². The van der Waals surface area contributed by atoms with Crippen molar-refractivity contribution in [1.29, 1.82) is 0 Å². The van der Waals surface area contributed by atoms with E-state index >= 15 is 0 Å². The maximum Gasteiger partial charge on any atom is 0.431 e. The molecule has 0 amide bonds. The molecule has 0 N–H and O–H groups in total. The Bertz CT molecular complexity index is 1330. The molecule has 1 saturated carbocycles. The number of carbonyl (C=O) groups excluding carboxylic acids is 1. The van der Waals surface area contributed by atoms with Crippen molar-refractivity contribution >= 4 is 23.3 Å². The van der Waals surface area contributed by atoms with Gasteiger partial charge in [-0.15, -0.1) is 0 Å². The van der Waals surface area contributed by atoms with Crippen LogP contribution in [0, 0.1) is 11.7 Å². The largest absolute Gasteiger partial charge is 0.463 e. The van der Waals surface area contributed by atoms with Gasteiger partial charge < -0.3 is 9.57 Å². The molecule has 1 aromatic heterocycles. The van der Waals surface area contributed by atoms with Gasteiger partial charge in [0.1, 0.15) is 11.5 Å². The van der Waals surface area contributed by atoms with E-state index in [1.807, 2.05) is 0 Å². The van der Waals surface area contributed by atoms with Crippen LogP contribution in [0.15, 0.2) is 32.9 Å². The molecule has 2 atom stereocenters. The Balaban J connectivity index is 1.85. The van der Waals surface area contributed by atoms with Crippen molar-refractivity contribution in [2.24, 2.45) is 18.1 Å². The van der Waals surface area contributed by atoms with Crippen LogP contribution in [0.1, 0.15) is 37.4 Å². The highest BCUT2D eigenvalue weighted by Gasteiger charge is 2.59. The van der Waals surface area contributed by atoms with Gasteiger partial charge in [-0.1, -0.05) is 16.8 Å². The van der Waals surface area contributed by atoms with Crippen LogP contribution in [0.5, 0.6) is 0 Å². The van der Waals surface area contributed by atoms with E-state index in [0.29, 0.717) is 19.3 Å². The van der Waals surface area contributed by atoms with E-state index in [9.17, 15) is 31.9 Å². The molecule has 1 fully saturated rings. The summed E-state index contributed by atoms with van der Waals surface area (Å²) in [4.78, 5) is 43.2. The number of hydrogen-bond acceptors (Lipinski definition) is 6. The van der Waals surface area contributed by atoms with Crippen LogP contribution >= 0.6 is 11.6 Å². The van der Waals surface area contributed by atoms with Crippen molar-refractivity contribution < 1.29 is 31.9 Å². The zero-order valence-electron chi connectivity index (χ0n) is 17.9. The van der Waals surface area contributed by atoms with Crippen molar-refractivity contribution in [3.63, 3.8) is 0 Å². The van der Waals surface area contributed by atoms with Gasteiger partial charge >= 0.3 is 17.8 Å². The van der Waals surface area contributed by atoms with E-state index in [2.05, 4.69) is 5.16 Å². The van der Waals surface area contributed by atoms with Crippen LogP contribution in [0.3, 0.4) is 0 Å². The van der Waals surface area contributed by atoms with Gasteiger partial charge in [0.2, 0.25) is 5.60 Å². The number of alkyl halides is 3. The number of oxime groups is 1. The predicted molar refractivity (Wildman–Crippen MR) is 112 cm³/mol. The summed E-state index contributed by atoms with van der Waals surface area (Å²) in [5, 5.41) is 3.84. The molecule has 4 rings (SSSR count). The number of ether oxygens (including phenoxy) is 1. The number of nitrogens with zero attached hydrogens (tertiary/aromatic N) is 3. The van der Waals surface area contributed by atoms with Crippen LogP contribution < -0.4 is 11.2 Å². The molecule has 1 aliphatic carbocycles. The normalized spacial score (nSPS) is 21.7. The lowest BCUT2D eigenvalue weighted by molar-refractivity contribution is -0.171. The molecule has 13 heteroatoms. The molecule has 2 unspecified atom stereocenters. The van der Waals surface area contributed by atoms with Gasteiger partial charge in [0.25, 0.3) is 5.56 Å². The minimum atomic E-state index is -4.97. The molecule has 0 saturated heterocycles. The molecule has 2 aliphatic rings. The van der Waals surface area contributed by atoms with Gasteiger partial charge in [0.05, 0.1) is 28.9 Å². The average molecular weight is 504 g/mol. The quantitative estimate of drug-likeness (QED) is 0.472. The van der Waals surface area contributed by atoms with Gasteiger partial charge in [-0.2, -0.15) is 13.2 Å². The second kappa shape index (κ2) is 8.26. The van der Waals surface area contributed by atoms with Crippen molar-refractivity contribution in [3.8, 4) is 5.69 Å². The van der Waals surface area contributed by atoms with E-state index in [1.165, 1.54) is 0 Å². The van der Waals surface area contributed by atoms with Gasteiger partial charge in [0.15, 0.2) is 0 Å². The fourth-order valence-corrected chi connectivity index (χ4v) is 4.68. The number of hydrogen-bond donors (Lipinski definition) is 0. The molecular weight excluding hydrogens is 486 g/mol. The molecule has 34 heavy (non-hydrogen) atoms. The number of aromatic nitrogens is 2. The summed E-state index contributed by atoms with van der Waals surface area (Å²) in [7, 11) is 0.816. The number of rotatable bonds is 4. The second-order valence-electron chi connectivity index (χ2n) is 7.95. The second-order valence-corrected chi connectivity index (χ2v) is 8.36. The highest BCUT2D eigenvalue weighted by Crippen LogP contribution is 2.47. The minimum absolute atomic E-state index is 0.0741. The zero-order valence-corrected chi connectivity index (χ0v) is 18.7. The lowest BCUT2D eigenvalue weighted by Crippen LogP contribution is -2.44. The van der Waals surface area contributed by atoms with E-state index in [1.54, 1.807) is 6.92 Å². The lowest BCUT2D eigenvalue weighted by Gasteiger charge is -2.24. The summed E-state index contributed by atoms with van der Waals surface area (Å²) in [6.07, 6.45) is -3.56. The van der Waals surface area contributed by atoms with Crippen LogP contribution in [0.4, 0.5) is 17.6 Å². The molecule has 182 valence electrons. The van der Waals surface area contributed by atoms with Crippen molar-refractivity contribution in [2.75, 3.05) is 6.61 Å². The van der Waals surface area contributed by atoms with Gasteiger partial charge in [-0.25, -0.2) is 18.5 Å². The summed E-state index contributed by atoms with van der Waals surface area (Å²) in [6.45, 7) is 1.76. The number of esters is 1. The molecule has 1 aromatic carbocycles. The monoisotopic (exact) mass is 503 g/mol. The van der Waals surface area contributed by atoms with Crippen LogP contribution in [0.25, 0.3) is 5.69 Å². The molecular formula is C21H18ClF4N3O5. The summed E-state index contributed by atoms with van der Waals surface area (Å²) in [5.74, 6) is -2.31. The average Bonchev–Trinajstić information content (AvgIpc) is 3.32. The van der Waals surface area contributed by atoms with Gasteiger partial charge in [0, 0.05) is 25.1 Å². The lowest BCUT2D eigenvalue weighted by atomic mass is 9.84. The summed E-state index contributed by atoms with van der Waals surface area (Å²) in [5.41, 5.74) is -5.99. The summed E-state index contributed by atoms with van der Waals surface area (Å²) < 4.78 is 59.9. The predicted octanol–water partition coefficient (Wildman–Crippen LogP) is 3.18. The molecule has 1 aliphatic heterocycles. The van der Waals surface area contributed by atoms with Crippen LogP contribution in [0.2, 0.25) is 5.02 Å². The molecule has 0 bridgehead atoms. The Labute approximate surface area is 194 Å². The van der Waals surface area contributed by atoms with Crippen LogP contribution in [-0.4, -0.2) is 33.0 Å². The number of carbonyl (C=O) groups is 1. The molecule has 8 nitrogen and oxygen atoms in total. The first-order valence-electron chi connectivity index (χ1n) is 10.3. The highest BCUT2D eigenvalue weighted by atomic mass is 35.5. The molecule has 0 spiro atoms. The summed E-state index contributed by atoms with van der Waals surface area (Å²) >= 11 is 6.23. The zero-order chi connectivity index (χ0) is 25.0. The molecule has 0 radical (unpaired) electrons. The first-order valence-corrected chi connectivity index (χ1v) is 10.6. The SMILES string of the molecule is CCOC(=O)C12CCCC1C(c1cc(-n3c(=O)cc(C(F)(F)F)n(C)c3=O)c(F)cc1Cl)=NO2. The fraction of sp³-hybridized carbons (Fsp3) is 0.429. The van der Waals surface area contributed by atoms with Crippen molar-refractivity contribution in [3.05, 3.63) is 61.1 Å². The Morgan fingerprint density at radius 2 is 2.03 bits per heavy atom. The maximum absolute atomic E-state index is 14.8. The minimum Gasteiger partial charge on any atom is -0.463 e. The Morgan fingerprint density at radius 1 is 1.32 bits per heavy atom. The topological polar surface area (TPSA) is 91.9 Å². The maximum atomic E-state index is 14.8. The number of fused-ring (bicyclic) bond motifs is 1. The van der Waals surface area contributed by atoms with Crippen molar-refractivity contribution in [2.45, 2.75) is 38.0 Å². The first kappa shape index (κ1) is 24.0. The Kier molecular flexibility index (Phi) is 5.83. The van der Waals surface area contributed by atoms with E-state index in [4.69, 9.17) is 21.2 Å². The van der Waals surface area contributed by atoms with Gasteiger partial charge in [-0.3, -0.25) is 9.36 Å². The highest BCUT2D eigenvalue weighted by molar-refractivity contribution is 6.34. The first-order chi connectivity index (χ1) is 15.9. The van der Waals surface area contributed by atoms with E-state index in [0.717, 1.165) is 19.2 Å². The number of halogens is 5. The molecule has 2 aromatic rings. The standard InChI is InChI=1S/C21H18ClF4N3O5/c1-3-33-18(31)20-6-4-5-11(20)17(27-34-20)10-7-14(13(23)8-12(10)22)29-16(30)9-15(21(24,25)26)28(2)19(29)32/h7-9,11H,3-6H2,1-2H3. The van der Waals surface area contributed by atoms with E-state index < -0.39 is 52.1 Å². The fourth-order valence-electron chi connectivity index (χ4n) is 4.43. The Morgan fingerprint density at radius 3 is 2.68 bits per heavy atom. The van der Waals surface area contributed by atoms with E-state index in [-0.39, 0.29) is 38.1 Å². The van der Waals surface area contributed by atoms with Crippen molar-refractivity contribution in [1.82, 2.24) is 9.13 Å². The molecule has 2 heterocycles. The smallest absolute Gasteiger partial charge is 0.431 e. The number of benzene rings is 1. The Hall–Kier alpha value is -3.15.